The standard InChI is InChI=1S/C12H8ClFN2O2/c13-8-3-9(14)5-10(4-8)16-11-2-1-7(6-15-11)12(17)18/h1-6H,(H,15,16)(H,17,18). The second-order valence-electron chi connectivity index (χ2n) is 3.52. The van der Waals surface area contributed by atoms with Gasteiger partial charge in [0.1, 0.15) is 11.6 Å². The molecule has 0 aliphatic heterocycles. The van der Waals surface area contributed by atoms with Crippen LogP contribution in [-0.2, 0) is 0 Å². The van der Waals surface area contributed by atoms with E-state index in [2.05, 4.69) is 10.3 Å². The number of rotatable bonds is 3. The first-order chi connectivity index (χ1) is 8.54. The van der Waals surface area contributed by atoms with Crippen molar-refractivity contribution in [3.8, 4) is 0 Å². The van der Waals surface area contributed by atoms with Crippen molar-refractivity contribution in [3.05, 3.63) is 52.9 Å². The van der Waals surface area contributed by atoms with Crippen molar-refractivity contribution in [2.75, 3.05) is 5.32 Å². The van der Waals surface area contributed by atoms with Gasteiger partial charge in [-0.25, -0.2) is 14.2 Å². The SMILES string of the molecule is O=C(O)c1ccc(Nc2cc(F)cc(Cl)c2)nc1. The molecule has 0 atom stereocenters. The zero-order valence-electron chi connectivity index (χ0n) is 9.02. The summed E-state index contributed by atoms with van der Waals surface area (Å²) in [7, 11) is 0. The number of hydrogen-bond donors (Lipinski definition) is 2. The van der Waals surface area contributed by atoms with Crippen molar-refractivity contribution >= 4 is 29.1 Å². The monoisotopic (exact) mass is 266 g/mol. The van der Waals surface area contributed by atoms with Crippen LogP contribution in [-0.4, -0.2) is 16.1 Å². The van der Waals surface area contributed by atoms with E-state index < -0.39 is 11.8 Å². The van der Waals surface area contributed by atoms with E-state index in [1.807, 2.05) is 0 Å². The van der Waals surface area contributed by atoms with Crippen molar-refractivity contribution in [3.63, 3.8) is 0 Å². The van der Waals surface area contributed by atoms with Crippen LogP contribution in [0.25, 0.3) is 0 Å². The van der Waals surface area contributed by atoms with Crippen LogP contribution in [0.15, 0.2) is 36.5 Å². The van der Waals surface area contributed by atoms with E-state index in [0.717, 1.165) is 0 Å². The van der Waals surface area contributed by atoms with Gasteiger partial charge in [0.25, 0.3) is 0 Å². The Labute approximate surface area is 107 Å². The molecule has 6 heteroatoms. The summed E-state index contributed by atoms with van der Waals surface area (Å²) in [4.78, 5) is 14.5. The quantitative estimate of drug-likeness (QED) is 0.895. The van der Waals surface area contributed by atoms with Crippen LogP contribution in [0.5, 0.6) is 0 Å². The fourth-order valence-corrected chi connectivity index (χ4v) is 1.59. The third kappa shape index (κ3) is 2.95. The Morgan fingerprint density at radius 2 is 2.11 bits per heavy atom. The molecule has 0 aliphatic carbocycles. The van der Waals surface area contributed by atoms with Crippen LogP contribution in [0.4, 0.5) is 15.9 Å². The summed E-state index contributed by atoms with van der Waals surface area (Å²) >= 11 is 5.71. The van der Waals surface area contributed by atoms with E-state index in [1.54, 1.807) is 0 Å². The molecule has 0 bridgehead atoms. The predicted octanol–water partition coefficient (Wildman–Crippen LogP) is 3.32. The maximum absolute atomic E-state index is 13.1. The Bertz CT molecular complexity index is 567. The summed E-state index contributed by atoms with van der Waals surface area (Å²) in [5, 5.41) is 11.8. The first-order valence-corrected chi connectivity index (χ1v) is 5.35. The minimum atomic E-state index is -1.05. The molecule has 92 valence electrons. The number of aromatic carboxylic acids is 1. The van der Waals surface area contributed by atoms with Gasteiger partial charge < -0.3 is 10.4 Å². The molecule has 0 spiro atoms. The van der Waals surface area contributed by atoms with Gasteiger partial charge in [0, 0.05) is 16.9 Å². The second-order valence-corrected chi connectivity index (χ2v) is 3.96. The number of carboxylic acid groups (broad SMARTS) is 1. The van der Waals surface area contributed by atoms with Gasteiger partial charge in [-0.15, -0.1) is 0 Å². The van der Waals surface area contributed by atoms with Gasteiger partial charge in [0.05, 0.1) is 5.56 Å². The summed E-state index contributed by atoms with van der Waals surface area (Å²) in [6, 6.07) is 6.88. The van der Waals surface area contributed by atoms with Crippen molar-refractivity contribution in [2.45, 2.75) is 0 Å². The summed E-state index contributed by atoms with van der Waals surface area (Å²) in [6.45, 7) is 0. The third-order valence-electron chi connectivity index (χ3n) is 2.15. The number of carboxylic acids is 1. The smallest absolute Gasteiger partial charge is 0.337 e. The molecule has 1 aromatic heterocycles. The Balaban J connectivity index is 2.20. The lowest BCUT2D eigenvalue weighted by molar-refractivity contribution is 0.0696. The van der Waals surface area contributed by atoms with Crippen LogP contribution >= 0.6 is 11.6 Å². The van der Waals surface area contributed by atoms with Gasteiger partial charge in [-0.2, -0.15) is 0 Å². The van der Waals surface area contributed by atoms with E-state index in [-0.39, 0.29) is 10.6 Å². The molecule has 18 heavy (non-hydrogen) atoms. The zero-order valence-corrected chi connectivity index (χ0v) is 9.78. The molecule has 0 unspecified atom stereocenters. The molecule has 1 heterocycles. The minimum Gasteiger partial charge on any atom is -0.478 e. The van der Waals surface area contributed by atoms with Gasteiger partial charge in [0.2, 0.25) is 0 Å². The molecule has 0 fully saturated rings. The van der Waals surface area contributed by atoms with Crippen LogP contribution in [0.2, 0.25) is 5.02 Å². The number of nitrogens with zero attached hydrogens (tertiary/aromatic N) is 1. The summed E-state index contributed by atoms with van der Waals surface area (Å²) < 4.78 is 13.1. The molecular formula is C12H8ClFN2O2. The zero-order chi connectivity index (χ0) is 13.1. The van der Waals surface area contributed by atoms with Crippen LogP contribution in [0, 0.1) is 5.82 Å². The number of benzene rings is 1. The first-order valence-electron chi connectivity index (χ1n) is 4.97. The number of halogens is 2. The number of nitrogens with one attached hydrogen (secondary N) is 1. The lowest BCUT2D eigenvalue weighted by atomic mass is 10.2. The lowest BCUT2D eigenvalue weighted by Crippen LogP contribution is -1.99. The number of pyridine rings is 1. The van der Waals surface area contributed by atoms with Gasteiger partial charge >= 0.3 is 5.97 Å². The van der Waals surface area contributed by atoms with Gasteiger partial charge in [-0.1, -0.05) is 11.6 Å². The predicted molar refractivity (Wildman–Crippen MR) is 65.9 cm³/mol. The summed E-state index contributed by atoms with van der Waals surface area (Å²) in [5.74, 6) is -1.11. The van der Waals surface area contributed by atoms with Crippen molar-refractivity contribution in [1.29, 1.82) is 0 Å². The number of hydrogen-bond acceptors (Lipinski definition) is 3. The van der Waals surface area contributed by atoms with Crippen LogP contribution in [0.3, 0.4) is 0 Å². The van der Waals surface area contributed by atoms with Crippen molar-refractivity contribution in [1.82, 2.24) is 4.98 Å². The summed E-state index contributed by atoms with van der Waals surface area (Å²) in [5.41, 5.74) is 0.522. The molecule has 0 saturated carbocycles. The number of aromatic nitrogens is 1. The highest BCUT2D eigenvalue weighted by Gasteiger charge is 2.04. The third-order valence-corrected chi connectivity index (χ3v) is 2.36. The average Bonchev–Trinajstić information content (AvgIpc) is 2.28. The minimum absolute atomic E-state index is 0.0813. The van der Waals surface area contributed by atoms with Gasteiger partial charge in [-0.05, 0) is 30.3 Å². The van der Waals surface area contributed by atoms with E-state index in [1.165, 1.54) is 36.5 Å². The molecule has 2 aromatic rings. The average molecular weight is 267 g/mol. The molecule has 0 saturated heterocycles. The fourth-order valence-electron chi connectivity index (χ4n) is 1.37. The first kappa shape index (κ1) is 12.3. The number of carbonyl (C=O) groups is 1. The van der Waals surface area contributed by atoms with Gasteiger partial charge in [-0.3, -0.25) is 0 Å². The Hall–Kier alpha value is -2.14. The normalized spacial score (nSPS) is 10.1. The molecule has 2 N–H and O–H groups in total. The molecule has 1 aromatic carbocycles. The largest absolute Gasteiger partial charge is 0.478 e. The molecule has 2 rings (SSSR count). The van der Waals surface area contributed by atoms with Crippen molar-refractivity contribution < 1.29 is 14.3 Å². The lowest BCUT2D eigenvalue weighted by Gasteiger charge is -2.06. The van der Waals surface area contributed by atoms with Crippen LogP contribution < -0.4 is 5.32 Å². The molecule has 0 aliphatic rings. The molecular weight excluding hydrogens is 259 g/mol. The van der Waals surface area contributed by atoms with Gasteiger partial charge in [0.15, 0.2) is 0 Å². The fraction of sp³-hybridized carbons (Fsp3) is 0. The second kappa shape index (κ2) is 5.01. The number of anilines is 2. The highest BCUT2D eigenvalue weighted by atomic mass is 35.5. The van der Waals surface area contributed by atoms with Crippen LogP contribution in [0.1, 0.15) is 10.4 Å². The van der Waals surface area contributed by atoms with Crippen molar-refractivity contribution in [2.24, 2.45) is 0 Å². The highest BCUT2D eigenvalue weighted by molar-refractivity contribution is 6.30. The van der Waals surface area contributed by atoms with E-state index in [0.29, 0.717) is 11.5 Å². The Morgan fingerprint density at radius 1 is 1.33 bits per heavy atom. The van der Waals surface area contributed by atoms with E-state index in [9.17, 15) is 9.18 Å². The van der Waals surface area contributed by atoms with E-state index in [4.69, 9.17) is 16.7 Å². The summed E-state index contributed by atoms with van der Waals surface area (Å²) in [6.07, 6.45) is 1.21. The molecule has 0 radical (unpaired) electrons. The van der Waals surface area contributed by atoms with E-state index >= 15 is 0 Å². The Morgan fingerprint density at radius 3 is 2.67 bits per heavy atom. The highest BCUT2D eigenvalue weighted by Crippen LogP contribution is 2.21. The topological polar surface area (TPSA) is 62.2 Å². The molecule has 0 amide bonds. The maximum Gasteiger partial charge on any atom is 0.337 e. The Kier molecular flexibility index (Phi) is 3.43. The molecule has 4 nitrogen and oxygen atoms in total. The maximum atomic E-state index is 13.1.